The van der Waals surface area contributed by atoms with Gasteiger partial charge >= 0.3 is 0 Å². The van der Waals surface area contributed by atoms with Crippen molar-refractivity contribution in [2.75, 3.05) is 0 Å². The molecule has 0 saturated heterocycles. The molecule has 4 fully saturated rings. The SMILES string of the molecule is CC[C@@]1(O)CC[C@@]2(C)C(CCC3C2CC[C@@]2(C)C3CC[C@@H]2C(=O)Cn2ccnc2)C1. The molecular weight excluding hydrogens is 372 g/mol. The second kappa shape index (κ2) is 7.18. The average Bonchev–Trinajstić information content (AvgIpc) is 3.35. The van der Waals surface area contributed by atoms with Crippen molar-refractivity contribution < 1.29 is 9.90 Å². The highest BCUT2D eigenvalue weighted by atomic mass is 16.3. The van der Waals surface area contributed by atoms with E-state index in [1.54, 1.807) is 12.5 Å². The van der Waals surface area contributed by atoms with Crippen molar-refractivity contribution in [1.82, 2.24) is 9.55 Å². The summed E-state index contributed by atoms with van der Waals surface area (Å²) in [5, 5.41) is 11.0. The fraction of sp³-hybridized carbons (Fsp3) is 0.846. The summed E-state index contributed by atoms with van der Waals surface area (Å²) in [4.78, 5) is 17.4. The first-order valence-electron chi connectivity index (χ1n) is 12.5. The number of nitrogens with zero attached hydrogens (tertiary/aromatic N) is 2. The highest BCUT2D eigenvalue weighted by Gasteiger charge is 2.61. The van der Waals surface area contributed by atoms with Crippen molar-refractivity contribution in [3.63, 3.8) is 0 Å². The molecule has 1 aromatic heterocycles. The molecule has 4 unspecified atom stereocenters. The molecule has 1 aromatic rings. The van der Waals surface area contributed by atoms with Crippen molar-refractivity contribution in [3.8, 4) is 0 Å². The van der Waals surface area contributed by atoms with Crippen LogP contribution in [0.4, 0.5) is 0 Å². The molecule has 1 heterocycles. The fourth-order valence-corrected chi connectivity index (χ4v) is 8.84. The van der Waals surface area contributed by atoms with E-state index in [1.807, 2.05) is 10.8 Å². The Labute approximate surface area is 181 Å². The van der Waals surface area contributed by atoms with Crippen molar-refractivity contribution in [1.29, 1.82) is 0 Å². The predicted molar refractivity (Wildman–Crippen MR) is 118 cm³/mol. The lowest BCUT2D eigenvalue weighted by atomic mass is 9.43. The number of ketones is 1. The lowest BCUT2D eigenvalue weighted by Crippen LogP contribution is -2.56. The van der Waals surface area contributed by atoms with Gasteiger partial charge in [-0.1, -0.05) is 20.8 Å². The summed E-state index contributed by atoms with van der Waals surface area (Å²) in [6.45, 7) is 7.64. The first kappa shape index (κ1) is 20.7. The van der Waals surface area contributed by atoms with Crippen LogP contribution in [0.25, 0.3) is 0 Å². The zero-order chi connectivity index (χ0) is 21.1. The van der Waals surface area contributed by atoms with Crippen LogP contribution in [-0.2, 0) is 11.3 Å². The van der Waals surface area contributed by atoms with Crippen LogP contribution in [0.3, 0.4) is 0 Å². The fourth-order valence-electron chi connectivity index (χ4n) is 8.84. The summed E-state index contributed by atoms with van der Waals surface area (Å²) in [5.74, 6) is 3.59. The molecule has 166 valence electrons. The number of hydrogen-bond acceptors (Lipinski definition) is 3. The molecule has 1 N–H and O–H groups in total. The van der Waals surface area contributed by atoms with Gasteiger partial charge in [-0.3, -0.25) is 4.79 Å². The number of imidazole rings is 1. The maximum Gasteiger partial charge on any atom is 0.156 e. The molecule has 8 atom stereocenters. The predicted octanol–water partition coefficient (Wildman–Crippen LogP) is 5.25. The van der Waals surface area contributed by atoms with Gasteiger partial charge in [-0.05, 0) is 98.7 Å². The van der Waals surface area contributed by atoms with Gasteiger partial charge in [0.25, 0.3) is 0 Å². The lowest BCUT2D eigenvalue weighted by molar-refractivity contribution is -0.154. The molecule has 0 aromatic carbocycles. The van der Waals surface area contributed by atoms with Gasteiger partial charge in [-0.25, -0.2) is 4.98 Å². The maximum atomic E-state index is 13.3. The Balaban J connectivity index is 1.34. The number of fused-ring (bicyclic) bond motifs is 5. The summed E-state index contributed by atoms with van der Waals surface area (Å²) < 4.78 is 1.94. The van der Waals surface area contributed by atoms with Crippen LogP contribution >= 0.6 is 0 Å². The van der Waals surface area contributed by atoms with Crippen molar-refractivity contribution in [2.45, 2.75) is 97.1 Å². The third-order valence-electron chi connectivity index (χ3n) is 10.8. The van der Waals surface area contributed by atoms with Crippen molar-refractivity contribution in [3.05, 3.63) is 18.7 Å². The summed E-state index contributed by atoms with van der Waals surface area (Å²) in [6.07, 6.45) is 16.9. The van der Waals surface area contributed by atoms with Crippen molar-refractivity contribution >= 4 is 5.78 Å². The van der Waals surface area contributed by atoms with Crippen LogP contribution in [0.5, 0.6) is 0 Å². The van der Waals surface area contributed by atoms with Gasteiger partial charge in [0.15, 0.2) is 5.78 Å². The van der Waals surface area contributed by atoms with Gasteiger partial charge in [0, 0.05) is 18.3 Å². The zero-order valence-electron chi connectivity index (χ0n) is 19.1. The number of hydrogen-bond donors (Lipinski definition) is 1. The third-order valence-corrected chi connectivity index (χ3v) is 10.8. The van der Waals surface area contributed by atoms with Gasteiger partial charge in [-0.2, -0.15) is 0 Å². The van der Waals surface area contributed by atoms with E-state index in [4.69, 9.17) is 0 Å². The van der Waals surface area contributed by atoms with E-state index in [0.717, 1.165) is 37.5 Å². The summed E-state index contributed by atoms with van der Waals surface area (Å²) in [7, 11) is 0. The number of carbonyl (C=O) groups is 1. The number of rotatable bonds is 4. The number of carbonyl (C=O) groups excluding carboxylic acids is 1. The molecule has 4 nitrogen and oxygen atoms in total. The topological polar surface area (TPSA) is 55.1 Å². The molecular formula is C26H40N2O2. The first-order valence-corrected chi connectivity index (χ1v) is 12.5. The van der Waals surface area contributed by atoms with Crippen LogP contribution in [0.15, 0.2) is 18.7 Å². The molecule has 4 aliphatic rings. The molecule has 0 aliphatic heterocycles. The number of aromatic nitrogens is 2. The molecule has 30 heavy (non-hydrogen) atoms. The molecule has 4 aliphatic carbocycles. The molecule has 0 amide bonds. The molecule has 4 heteroatoms. The van der Waals surface area contributed by atoms with Crippen LogP contribution in [0.2, 0.25) is 0 Å². The third kappa shape index (κ3) is 3.04. The van der Waals surface area contributed by atoms with Crippen LogP contribution < -0.4 is 0 Å². The molecule has 5 rings (SSSR count). The Bertz CT molecular complexity index is 791. The quantitative estimate of drug-likeness (QED) is 0.734. The Morgan fingerprint density at radius 3 is 2.60 bits per heavy atom. The second-order valence-corrected chi connectivity index (χ2v) is 11.8. The van der Waals surface area contributed by atoms with Crippen molar-refractivity contribution in [2.24, 2.45) is 40.4 Å². The molecule has 0 radical (unpaired) electrons. The van der Waals surface area contributed by atoms with Crippen LogP contribution in [0, 0.1) is 40.4 Å². The largest absolute Gasteiger partial charge is 0.390 e. The van der Waals surface area contributed by atoms with E-state index in [9.17, 15) is 9.90 Å². The summed E-state index contributed by atoms with van der Waals surface area (Å²) in [6, 6.07) is 0. The molecule has 4 saturated carbocycles. The van der Waals surface area contributed by atoms with E-state index < -0.39 is 5.60 Å². The smallest absolute Gasteiger partial charge is 0.156 e. The summed E-state index contributed by atoms with van der Waals surface area (Å²) in [5.41, 5.74) is 0.157. The molecule has 0 spiro atoms. The highest BCUT2D eigenvalue weighted by Crippen LogP contribution is 2.68. The van der Waals surface area contributed by atoms with Gasteiger partial charge in [0.05, 0.1) is 18.5 Å². The van der Waals surface area contributed by atoms with E-state index in [2.05, 4.69) is 25.8 Å². The van der Waals surface area contributed by atoms with Gasteiger partial charge < -0.3 is 9.67 Å². The lowest BCUT2D eigenvalue weighted by Gasteiger charge is -2.62. The van der Waals surface area contributed by atoms with E-state index in [1.165, 1.54) is 38.5 Å². The van der Waals surface area contributed by atoms with Crippen LogP contribution in [0.1, 0.15) is 85.0 Å². The van der Waals surface area contributed by atoms with E-state index in [-0.39, 0.29) is 11.3 Å². The molecule has 0 bridgehead atoms. The Hall–Kier alpha value is -1.16. The Morgan fingerprint density at radius 1 is 1.07 bits per heavy atom. The van der Waals surface area contributed by atoms with Gasteiger partial charge in [0.2, 0.25) is 0 Å². The average molecular weight is 413 g/mol. The first-order chi connectivity index (χ1) is 14.3. The monoisotopic (exact) mass is 412 g/mol. The van der Waals surface area contributed by atoms with E-state index >= 15 is 0 Å². The summed E-state index contributed by atoms with van der Waals surface area (Å²) >= 11 is 0. The normalized spacial score (nSPS) is 47.9. The maximum absolute atomic E-state index is 13.3. The highest BCUT2D eigenvalue weighted by molar-refractivity contribution is 5.82. The van der Waals surface area contributed by atoms with Gasteiger partial charge in [-0.15, -0.1) is 0 Å². The number of aliphatic hydroxyl groups is 1. The second-order valence-electron chi connectivity index (χ2n) is 11.8. The number of Topliss-reactive ketones (excluding diaryl/α,β-unsaturated/α-hetero) is 1. The minimum atomic E-state index is -0.418. The minimum absolute atomic E-state index is 0.181. The minimum Gasteiger partial charge on any atom is -0.390 e. The van der Waals surface area contributed by atoms with Gasteiger partial charge in [0.1, 0.15) is 0 Å². The Kier molecular flexibility index (Phi) is 4.96. The zero-order valence-corrected chi connectivity index (χ0v) is 19.1. The standard InChI is InChI=1S/C26H40N2O2/c1-4-26(30)12-11-24(2)18(15-26)5-6-19-20-7-8-22(25(20,3)10-9-21(19)24)23(29)16-28-14-13-27-17-28/h13-14,17-22,30H,4-12,15-16H2,1-3H3/t18?,19?,20?,21?,22-,24+,25+,26-/m1/s1. The Morgan fingerprint density at radius 2 is 1.87 bits per heavy atom. The van der Waals surface area contributed by atoms with E-state index in [0.29, 0.717) is 29.6 Å². The van der Waals surface area contributed by atoms with Crippen LogP contribution in [-0.4, -0.2) is 26.0 Å².